The Hall–Kier alpha value is -1.29. The van der Waals surface area contributed by atoms with Crippen LogP contribution in [0.4, 0.5) is 0 Å². The van der Waals surface area contributed by atoms with Crippen LogP contribution in [0.2, 0.25) is 0 Å². The molecule has 1 atom stereocenters. The van der Waals surface area contributed by atoms with Crippen molar-refractivity contribution in [2.45, 2.75) is 33.4 Å². The van der Waals surface area contributed by atoms with Gasteiger partial charge in [0, 0.05) is 19.9 Å². The predicted molar refractivity (Wildman–Crippen MR) is 61.6 cm³/mol. The van der Waals surface area contributed by atoms with Crippen LogP contribution in [0.5, 0.6) is 0 Å². The van der Waals surface area contributed by atoms with E-state index < -0.39 is 0 Å². The highest BCUT2D eigenvalue weighted by Crippen LogP contribution is 2.12. The Bertz CT molecular complexity index is 357. The van der Waals surface area contributed by atoms with Crippen molar-refractivity contribution in [1.29, 1.82) is 0 Å². The lowest BCUT2D eigenvalue weighted by Crippen LogP contribution is -2.19. The number of ether oxygens (including phenoxy) is 2. The molecule has 0 N–H and O–H groups in total. The second-order valence-corrected chi connectivity index (χ2v) is 3.77. The van der Waals surface area contributed by atoms with Crippen LogP contribution >= 0.6 is 0 Å². The number of esters is 1. The molecule has 16 heavy (non-hydrogen) atoms. The molecule has 0 amide bonds. The van der Waals surface area contributed by atoms with Crippen LogP contribution < -0.4 is 0 Å². The fourth-order valence-corrected chi connectivity index (χ4v) is 1.56. The molecule has 0 bridgehead atoms. The van der Waals surface area contributed by atoms with Gasteiger partial charge in [-0.05, 0) is 32.4 Å². The van der Waals surface area contributed by atoms with Crippen molar-refractivity contribution in [3.63, 3.8) is 0 Å². The Kier molecular flexibility index (Phi) is 4.55. The summed E-state index contributed by atoms with van der Waals surface area (Å²) in [7, 11) is 1.66. The minimum absolute atomic E-state index is 0.0694. The van der Waals surface area contributed by atoms with Gasteiger partial charge in [0.15, 0.2) is 0 Å². The largest absolute Gasteiger partial charge is 0.461 e. The van der Waals surface area contributed by atoms with Gasteiger partial charge in [-0.2, -0.15) is 0 Å². The first-order chi connectivity index (χ1) is 7.60. The molecule has 0 spiro atoms. The number of carbonyl (C=O) groups is 1. The van der Waals surface area contributed by atoms with Crippen molar-refractivity contribution in [1.82, 2.24) is 4.57 Å². The molecule has 1 unspecified atom stereocenters. The maximum atomic E-state index is 11.7. The third-order valence-electron chi connectivity index (χ3n) is 2.49. The molecule has 0 saturated heterocycles. The highest BCUT2D eigenvalue weighted by atomic mass is 16.5. The molecule has 0 aliphatic heterocycles. The van der Waals surface area contributed by atoms with Crippen LogP contribution in [0.1, 0.15) is 29.9 Å². The number of methoxy groups -OCH3 is 1. The lowest BCUT2D eigenvalue weighted by Gasteiger charge is -2.13. The molecule has 1 rings (SSSR count). The molecular formula is C12H19NO3. The van der Waals surface area contributed by atoms with Gasteiger partial charge in [-0.25, -0.2) is 4.79 Å². The second kappa shape index (κ2) is 5.70. The van der Waals surface area contributed by atoms with Crippen molar-refractivity contribution in [2.24, 2.45) is 0 Å². The molecule has 0 aliphatic carbocycles. The summed E-state index contributed by atoms with van der Waals surface area (Å²) in [6, 6.07) is 1.91. The molecule has 1 heterocycles. The summed E-state index contributed by atoms with van der Waals surface area (Å²) in [6.45, 7) is 6.71. The van der Waals surface area contributed by atoms with Crippen LogP contribution in [0.25, 0.3) is 0 Å². The van der Waals surface area contributed by atoms with E-state index in [0.717, 1.165) is 5.56 Å². The van der Waals surface area contributed by atoms with Gasteiger partial charge in [-0.1, -0.05) is 0 Å². The zero-order chi connectivity index (χ0) is 12.1. The van der Waals surface area contributed by atoms with Crippen LogP contribution in [0.15, 0.2) is 12.3 Å². The summed E-state index contributed by atoms with van der Waals surface area (Å²) in [5.41, 5.74) is 1.55. The number of aryl methyl sites for hydroxylation is 1. The average Bonchev–Trinajstić information content (AvgIpc) is 2.60. The van der Waals surface area contributed by atoms with Gasteiger partial charge in [-0.3, -0.25) is 0 Å². The van der Waals surface area contributed by atoms with E-state index in [9.17, 15) is 4.79 Å². The molecule has 0 aromatic carbocycles. The molecular weight excluding hydrogens is 206 g/mol. The van der Waals surface area contributed by atoms with E-state index in [2.05, 4.69) is 0 Å². The summed E-state index contributed by atoms with van der Waals surface area (Å²) in [6.07, 6.45) is 1.96. The first kappa shape index (κ1) is 12.8. The third-order valence-corrected chi connectivity index (χ3v) is 2.49. The smallest absolute Gasteiger partial charge is 0.355 e. The lowest BCUT2D eigenvalue weighted by atomic mass is 10.2. The Morgan fingerprint density at radius 1 is 1.56 bits per heavy atom. The Morgan fingerprint density at radius 3 is 2.81 bits per heavy atom. The van der Waals surface area contributed by atoms with Gasteiger partial charge >= 0.3 is 5.97 Å². The van der Waals surface area contributed by atoms with Gasteiger partial charge in [0.25, 0.3) is 0 Å². The summed E-state index contributed by atoms with van der Waals surface area (Å²) in [5, 5.41) is 0. The van der Waals surface area contributed by atoms with Crippen molar-refractivity contribution in [3.8, 4) is 0 Å². The van der Waals surface area contributed by atoms with E-state index in [1.165, 1.54) is 0 Å². The van der Waals surface area contributed by atoms with E-state index in [4.69, 9.17) is 9.47 Å². The van der Waals surface area contributed by atoms with Gasteiger partial charge in [-0.15, -0.1) is 0 Å². The normalized spacial score (nSPS) is 12.5. The highest BCUT2D eigenvalue weighted by Gasteiger charge is 2.16. The van der Waals surface area contributed by atoms with Crippen LogP contribution in [-0.4, -0.2) is 30.4 Å². The molecule has 0 saturated carbocycles. The predicted octanol–water partition coefficient (Wildman–Crippen LogP) is 2.01. The van der Waals surface area contributed by atoms with Crippen molar-refractivity contribution >= 4 is 5.97 Å². The quantitative estimate of drug-likeness (QED) is 0.720. The number of hydrogen-bond acceptors (Lipinski definition) is 3. The third kappa shape index (κ3) is 2.85. The molecule has 4 nitrogen and oxygen atoms in total. The van der Waals surface area contributed by atoms with Crippen LogP contribution in [-0.2, 0) is 16.0 Å². The Labute approximate surface area is 96.2 Å². The molecule has 1 aromatic heterocycles. The maximum Gasteiger partial charge on any atom is 0.355 e. The van der Waals surface area contributed by atoms with E-state index in [-0.39, 0.29) is 12.1 Å². The van der Waals surface area contributed by atoms with Gasteiger partial charge in [0.2, 0.25) is 0 Å². The number of aromatic nitrogens is 1. The van der Waals surface area contributed by atoms with Crippen molar-refractivity contribution in [3.05, 3.63) is 23.5 Å². The zero-order valence-electron chi connectivity index (χ0n) is 10.3. The maximum absolute atomic E-state index is 11.7. The monoisotopic (exact) mass is 225 g/mol. The summed E-state index contributed by atoms with van der Waals surface area (Å²) in [5.74, 6) is -0.270. The summed E-state index contributed by atoms with van der Waals surface area (Å²) in [4.78, 5) is 11.7. The molecule has 1 aromatic rings. The van der Waals surface area contributed by atoms with Crippen LogP contribution in [0, 0.1) is 6.92 Å². The van der Waals surface area contributed by atoms with Crippen molar-refractivity contribution < 1.29 is 14.3 Å². The van der Waals surface area contributed by atoms with Crippen molar-refractivity contribution in [2.75, 3.05) is 13.7 Å². The summed E-state index contributed by atoms with van der Waals surface area (Å²) >= 11 is 0. The van der Waals surface area contributed by atoms with Crippen LogP contribution in [0.3, 0.4) is 0 Å². The first-order valence-electron chi connectivity index (χ1n) is 5.45. The minimum atomic E-state index is -0.270. The average molecular weight is 225 g/mol. The molecule has 0 fully saturated rings. The molecule has 0 aliphatic rings. The molecule has 4 heteroatoms. The van der Waals surface area contributed by atoms with E-state index in [1.807, 2.05) is 30.7 Å². The number of rotatable bonds is 5. The zero-order valence-corrected chi connectivity index (χ0v) is 10.3. The van der Waals surface area contributed by atoms with E-state index >= 15 is 0 Å². The SMILES string of the molecule is CCOC(=O)c1c(C)ccn1CC(C)OC. The fourth-order valence-electron chi connectivity index (χ4n) is 1.56. The van der Waals surface area contributed by atoms with Gasteiger partial charge in [0.05, 0.1) is 12.7 Å². The fraction of sp³-hybridized carbons (Fsp3) is 0.583. The highest BCUT2D eigenvalue weighted by molar-refractivity contribution is 5.89. The van der Waals surface area contributed by atoms with E-state index in [0.29, 0.717) is 18.8 Å². The summed E-state index contributed by atoms with van der Waals surface area (Å²) < 4.78 is 12.1. The topological polar surface area (TPSA) is 40.5 Å². The van der Waals surface area contributed by atoms with Gasteiger partial charge < -0.3 is 14.0 Å². The van der Waals surface area contributed by atoms with Gasteiger partial charge in [0.1, 0.15) is 5.69 Å². The van der Waals surface area contributed by atoms with E-state index in [1.54, 1.807) is 14.0 Å². The molecule has 0 radical (unpaired) electrons. The Balaban J connectivity index is 2.89. The first-order valence-corrected chi connectivity index (χ1v) is 5.45. The lowest BCUT2D eigenvalue weighted by molar-refractivity contribution is 0.0504. The Morgan fingerprint density at radius 2 is 2.25 bits per heavy atom. The minimum Gasteiger partial charge on any atom is -0.461 e. The standard InChI is InChI=1S/C12H19NO3/c1-5-16-12(14)11-9(2)6-7-13(11)8-10(3)15-4/h6-7,10H,5,8H2,1-4H3. The number of nitrogens with zero attached hydrogens (tertiary/aromatic N) is 1. The molecule has 90 valence electrons. The number of hydrogen-bond donors (Lipinski definition) is 0. The number of carbonyl (C=O) groups excluding carboxylic acids is 1. The second-order valence-electron chi connectivity index (χ2n) is 3.77.